The molecule has 1 heterocycles. The summed E-state index contributed by atoms with van der Waals surface area (Å²) in [5.41, 5.74) is 18.1. The van der Waals surface area contributed by atoms with Crippen LogP contribution in [0.4, 0.5) is 11.4 Å². The molecule has 11 nitrogen and oxygen atoms in total. The van der Waals surface area contributed by atoms with Gasteiger partial charge in [0.15, 0.2) is 11.6 Å². The van der Waals surface area contributed by atoms with Gasteiger partial charge in [-0.2, -0.15) is 0 Å². The van der Waals surface area contributed by atoms with Crippen LogP contribution in [-0.4, -0.2) is 40.0 Å². The summed E-state index contributed by atoms with van der Waals surface area (Å²) in [6.45, 7) is 20.7. The summed E-state index contributed by atoms with van der Waals surface area (Å²) < 4.78 is 3.97. The van der Waals surface area contributed by atoms with Crippen LogP contribution in [0.25, 0.3) is 22.0 Å². The molecule has 0 radical (unpaired) electrons. The Morgan fingerprint density at radius 3 is 1.39 bits per heavy atom. The molecule has 7 aromatic rings. The van der Waals surface area contributed by atoms with Gasteiger partial charge < -0.3 is 25.9 Å². The Bertz CT molecular complexity index is 2910. The molecule has 0 spiro atoms. The Labute approximate surface area is 448 Å². The Hall–Kier alpha value is -6.12. The first-order valence-corrected chi connectivity index (χ1v) is 21.9. The van der Waals surface area contributed by atoms with Crippen molar-refractivity contribution in [3.63, 3.8) is 0 Å². The van der Waals surface area contributed by atoms with Gasteiger partial charge in [-0.25, -0.2) is 0 Å². The molecule has 0 aliphatic carbocycles. The van der Waals surface area contributed by atoms with Crippen molar-refractivity contribution in [1.82, 2.24) is 4.98 Å². The number of carbonyl (C=O) groups excluding carboxylic acids is 5. The fourth-order valence-electron chi connectivity index (χ4n) is 6.98. The zero-order chi connectivity index (χ0) is 50.9. The average Bonchev–Trinajstić information content (AvgIpc) is 3.21. The van der Waals surface area contributed by atoms with Crippen LogP contribution >= 0.6 is 0 Å². The Morgan fingerprint density at radius 1 is 0.565 bits per heavy atom. The molecule has 0 saturated heterocycles. The molecular formula is C57H62KN3O8. The smallest absolute Gasteiger partial charge is 0.850 e. The third kappa shape index (κ3) is 21.0. The molecule has 0 bridgehead atoms. The number of nitrogen functional groups attached to an aromatic ring is 1. The number of carbonyl (C=O) groups is 5. The standard InChI is InChI=1S/C17H17NO2.C17H15NO.C15H15NO.C4H6O3.C4H9O.K/c1-11-8-12(2)10-14(9-11)17(20)15-6-4-5-7-16(15)18-13(3)19;1-11-7-12(2)9-13(8-11)15-10-17(19)18-16-6-4-3-5-14(15)16;1-10-7-11(2)9-12(8-10)15(17)13-5-3-4-6-14(13)16;1-3(5)7-4(2)6;1-4(2,3)5;/h4-10H,1-3H3,(H,18,19);3-10H,1-2H3,(H,18,19);3-9H,16H2,1-2H3;1-2H3;1-3H3;/q;;;;-1;+1. The molecule has 0 aliphatic rings. The number of nitrogens with two attached hydrogens (primary N) is 1. The van der Waals surface area contributed by atoms with E-state index >= 15 is 0 Å². The normalized spacial score (nSPS) is 10.1. The van der Waals surface area contributed by atoms with Crippen molar-refractivity contribution in [2.45, 2.75) is 88.7 Å². The van der Waals surface area contributed by atoms with Gasteiger partial charge in [0.2, 0.25) is 11.5 Å². The molecule has 0 atom stereocenters. The molecule has 4 N–H and O–H groups in total. The molecular weight excluding hydrogens is 894 g/mol. The Morgan fingerprint density at radius 2 is 0.957 bits per heavy atom. The minimum atomic E-state index is -0.750. The number of para-hydroxylation sites is 3. The molecule has 6 aromatic carbocycles. The van der Waals surface area contributed by atoms with Crippen molar-refractivity contribution < 1.29 is 85.2 Å². The van der Waals surface area contributed by atoms with Crippen LogP contribution in [0, 0.1) is 41.5 Å². The van der Waals surface area contributed by atoms with Crippen molar-refractivity contribution in [3.8, 4) is 11.1 Å². The van der Waals surface area contributed by atoms with Crippen LogP contribution in [0.2, 0.25) is 0 Å². The van der Waals surface area contributed by atoms with Gasteiger partial charge in [0.25, 0.3) is 0 Å². The van der Waals surface area contributed by atoms with Gasteiger partial charge in [0.05, 0.1) is 5.69 Å². The molecule has 0 unspecified atom stereocenters. The van der Waals surface area contributed by atoms with E-state index < -0.39 is 17.5 Å². The maximum absolute atomic E-state index is 12.6. The molecule has 7 rings (SSSR count). The van der Waals surface area contributed by atoms with Crippen molar-refractivity contribution in [3.05, 3.63) is 199 Å². The zero-order valence-electron chi connectivity index (χ0n) is 42.0. The van der Waals surface area contributed by atoms with Crippen LogP contribution in [0.15, 0.2) is 138 Å². The maximum atomic E-state index is 12.6. The zero-order valence-corrected chi connectivity index (χ0v) is 45.2. The van der Waals surface area contributed by atoms with Crippen LogP contribution in [0.5, 0.6) is 0 Å². The fourth-order valence-corrected chi connectivity index (χ4v) is 6.98. The second-order valence-corrected chi connectivity index (χ2v) is 17.4. The van der Waals surface area contributed by atoms with Crippen molar-refractivity contribution >= 4 is 51.7 Å². The molecule has 69 heavy (non-hydrogen) atoms. The number of ketones is 2. The molecule has 1 amide bonds. The number of aromatic nitrogens is 1. The van der Waals surface area contributed by atoms with Gasteiger partial charge in [-0.15, -0.1) is 5.60 Å². The SMILES string of the molecule is CC(=O)Nc1ccccc1C(=O)c1cc(C)cc(C)c1.CC(=O)OC(C)=O.CC(C)(C)[O-].Cc1cc(C)cc(-c2cc(=O)[nH]c3ccccc23)c1.Cc1cc(C)cc(C(=O)c2ccccc2N)c1.[K+]. The van der Waals surface area contributed by atoms with Gasteiger partial charge in [-0.3, -0.25) is 28.8 Å². The quantitative estimate of drug-likeness (QED) is 0.0494. The first kappa shape index (κ1) is 59.0. The largest absolute Gasteiger partial charge is 1.00 e. The Kier molecular flexibility index (Phi) is 23.7. The van der Waals surface area contributed by atoms with E-state index in [1.807, 2.05) is 100 Å². The third-order valence-corrected chi connectivity index (χ3v) is 9.23. The van der Waals surface area contributed by atoms with Crippen LogP contribution in [-0.2, 0) is 19.1 Å². The number of pyridine rings is 1. The molecule has 0 saturated carbocycles. The summed E-state index contributed by atoms with van der Waals surface area (Å²) >= 11 is 0. The molecule has 0 fully saturated rings. The van der Waals surface area contributed by atoms with Crippen molar-refractivity contribution in [2.24, 2.45) is 0 Å². The summed E-state index contributed by atoms with van der Waals surface area (Å²) in [7, 11) is 0. The van der Waals surface area contributed by atoms with Gasteiger partial charge in [0, 0.05) is 65.7 Å². The first-order valence-electron chi connectivity index (χ1n) is 21.9. The summed E-state index contributed by atoms with van der Waals surface area (Å²) in [4.78, 5) is 70.4. The average molecular weight is 956 g/mol. The monoisotopic (exact) mass is 955 g/mol. The maximum Gasteiger partial charge on any atom is 1.00 e. The van der Waals surface area contributed by atoms with Crippen LogP contribution in [0.3, 0.4) is 0 Å². The Balaban J connectivity index is 0.000000316. The summed E-state index contributed by atoms with van der Waals surface area (Å²) in [5, 5.41) is 13.9. The first-order chi connectivity index (χ1) is 31.8. The third-order valence-electron chi connectivity index (χ3n) is 9.23. The fraction of sp³-hybridized carbons (Fsp3) is 0.228. The summed E-state index contributed by atoms with van der Waals surface area (Å²) in [5.74, 6) is -1.42. The number of nitrogens with one attached hydrogen (secondary N) is 2. The van der Waals surface area contributed by atoms with E-state index in [9.17, 15) is 33.9 Å². The number of aryl methyl sites for hydroxylation is 6. The number of esters is 2. The number of amides is 1. The van der Waals surface area contributed by atoms with Crippen molar-refractivity contribution in [2.75, 3.05) is 11.1 Å². The minimum Gasteiger partial charge on any atom is -0.850 e. The second kappa shape index (κ2) is 27.8. The predicted octanol–water partition coefficient (Wildman–Crippen LogP) is 7.67. The number of H-pyrrole nitrogens is 1. The van der Waals surface area contributed by atoms with E-state index in [1.54, 1.807) is 63.2 Å². The molecule has 0 aliphatic heterocycles. The van der Waals surface area contributed by atoms with E-state index in [2.05, 4.69) is 47.1 Å². The van der Waals surface area contributed by atoms with E-state index in [4.69, 9.17) is 5.73 Å². The second-order valence-electron chi connectivity index (χ2n) is 17.4. The molecule has 354 valence electrons. The number of hydrogen-bond donors (Lipinski definition) is 3. The van der Waals surface area contributed by atoms with Gasteiger partial charge in [-0.1, -0.05) is 127 Å². The summed E-state index contributed by atoms with van der Waals surface area (Å²) in [6.07, 6.45) is 0. The van der Waals surface area contributed by atoms with Crippen LogP contribution < -0.4 is 73.1 Å². The summed E-state index contributed by atoms with van der Waals surface area (Å²) in [6, 6.07) is 41.7. The topological polar surface area (TPSA) is 189 Å². The number of fused-ring (bicyclic) bond motifs is 1. The number of ether oxygens (including phenoxy) is 1. The van der Waals surface area contributed by atoms with E-state index in [0.717, 1.165) is 44.3 Å². The molecule has 1 aromatic heterocycles. The number of aromatic amines is 1. The van der Waals surface area contributed by atoms with E-state index in [-0.39, 0.29) is 74.4 Å². The van der Waals surface area contributed by atoms with Gasteiger partial charge >= 0.3 is 63.3 Å². The van der Waals surface area contributed by atoms with Gasteiger partial charge in [0.1, 0.15) is 0 Å². The number of anilines is 2. The number of rotatable bonds is 6. The van der Waals surface area contributed by atoms with E-state index in [1.165, 1.54) is 31.9 Å². The van der Waals surface area contributed by atoms with Gasteiger partial charge in [-0.05, 0) is 107 Å². The molecule has 12 heteroatoms. The number of benzene rings is 6. The van der Waals surface area contributed by atoms with E-state index in [0.29, 0.717) is 33.6 Å². The predicted molar refractivity (Wildman–Crippen MR) is 272 cm³/mol. The van der Waals surface area contributed by atoms with Crippen molar-refractivity contribution in [1.29, 1.82) is 0 Å². The number of hydrogen-bond acceptors (Lipinski definition) is 9. The minimum absolute atomic E-state index is 0. The van der Waals surface area contributed by atoms with Crippen LogP contribution in [0.1, 0.15) is 107 Å².